The van der Waals surface area contributed by atoms with Crippen molar-refractivity contribution in [1.29, 1.82) is 0 Å². The monoisotopic (exact) mass is 408 g/mol. The number of fused-ring (bicyclic) bond motifs is 11. The molecule has 2 atom stereocenters. The van der Waals surface area contributed by atoms with E-state index in [1.54, 1.807) is 11.1 Å². The minimum absolute atomic E-state index is 0.109. The van der Waals surface area contributed by atoms with Gasteiger partial charge < -0.3 is 0 Å². The van der Waals surface area contributed by atoms with Gasteiger partial charge in [0.15, 0.2) is 0 Å². The summed E-state index contributed by atoms with van der Waals surface area (Å²) in [6, 6.07) is 12.1. The van der Waals surface area contributed by atoms with Gasteiger partial charge in [0.1, 0.15) is 5.65 Å². The summed E-state index contributed by atoms with van der Waals surface area (Å²) in [7, 11) is 0. The number of benzene rings is 2. The standard InChI is InChI=1S/C29H32N2/c1-27(2)22-14-24-25(15-23(22)28(3,4)29(27,5)6)31-10-9-18-12-19-16-7-8-17(11-16)20(19)13-21(18)26(31)30-24/h9-10,12-17H,7-8,11H2,1-6H3. The van der Waals surface area contributed by atoms with Crippen LogP contribution in [0.15, 0.2) is 36.5 Å². The van der Waals surface area contributed by atoms with Gasteiger partial charge in [0, 0.05) is 11.6 Å². The highest BCUT2D eigenvalue weighted by Gasteiger charge is 2.57. The molecule has 158 valence electrons. The molecular weight excluding hydrogens is 376 g/mol. The second-order valence-corrected chi connectivity index (χ2v) is 12.2. The molecule has 3 aliphatic carbocycles. The lowest BCUT2D eigenvalue weighted by Gasteiger charge is -2.44. The first-order valence-corrected chi connectivity index (χ1v) is 12.0. The second kappa shape index (κ2) is 5.17. The molecule has 2 bridgehead atoms. The van der Waals surface area contributed by atoms with Gasteiger partial charge in [-0.2, -0.15) is 0 Å². The fourth-order valence-corrected chi connectivity index (χ4v) is 7.36. The van der Waals surface area contributed by atoms with Crippen LogP contribution in [0.5, 0.6) is 0 Å². The molecule has 2 nitrogen and oxygen atoms in total. The maximum Gasteiger partial charge on any atom is 0.145 e. The summed E-state index contributed by atoms with van der Waals surface area (Å²) in [5.74, 6) is 1.58. The van der Waals surface area contributed by atoms with Crippen LogP contribution < -0.4 is 0 Å². The molecule has 2 unspecified atom stereocenters. The zero-order chi connectivity index (χ0) is 21.5. The molecule has 0 spiro atoms. The average Bonchev–Trinajstić information content (AvgIpc) is 3.45. The largest absolute Gasteiger partial charge is 0.299 e. The van der Waals surface area contributed by atoms with Crippen LogP contribution in [0.1, 0.15) is 94.9 Å². The van der Waals surface area contributed by atoms with E-state index in [1.165, 1.54) is 46.7 Å². The Morgan fingerprint density at radius 3 is 2.19 bits per heavy atom. The van der Waals surface area contributed by atoms with Crippen molar-refractivity contribution in [1.82, 2.24) is 9.38 Å². The summed E-state index contributed by atoms with van der Waals surface area (Å²) in [6.45, 7) is 14.5. The molecule has 4 aromatic rings. The molecule has 0 radical (unpaired) electrons. The third-order valence-corrected chi connectivity index (χ3v) is 10.5. The lowest BCUT2D eigenvalue weighted by atomic mass is 9.59. The van der Waals surface area contributed by atoms with E-state index in [2.05, 4.69) is 82.5 Å². The molecule has 0 N–H and O–H groups in total. The minimum Gasteiger partial charge on any atom is -0.299 e. The van der Waals surface area contributed by atoms with Gasteiger partial charge in [-0.25, -0.2) is 4.98 Å². The van der Waals surface area contributed by atoms with Gasteiger partial charge in [0.2, 0.25) is 0 Å². The van der Waals surface area contributed by atoms with Gasteiger partial charge in [0.25, 0.3) is 0 Å². The molecule has 0 aliphatic heterocycles. The number of rotatable bonds is 0. The zero-order valence-corrected chi connectivity index (χ0v) is 19.6. The molecule has 0 saturated heterocycles. The van der Waals surface area contributed by atoms with Crippen LogP contribution in [0.25, 0.3) is 27.5 Å². The Morgan fingerprint density at radius 2 is 1.48 bits per heavy atom. The van der Waals surface area contributed by atoms with Gasteiger partial charge >= 0.3 is 0 Å². The molecule has 1 fully saturated rings. The number of hydrogen-bond acceptors (Lipinski definition) is 1. The molecule has 0 amide bonds. The van der Waals surface area contributed by atoms with Crippen molar-refractivity contribution in [3.8, 4) is 0 Å². The van der Waals surface area contributed by atoms with Crippen LogP contribution in [0.4, 0.5) is 0 Å². The summed E-state index contributed by atoms with van der Waals surface area (Å²) in [5.41, 5.74) is 10.1. The Morgan fingerprint density at radius 1 is 0.839 bits per heavy atom. The highest BCUT2D eigenvalue weighted by molar-refractivity contribution is 5.99. The predicted molar refractivity (Wildman–Crippen MR) is 129 cm³/mol. The van der Waals surface area contributed by atoms with Gasteiger partial charge in [-0.1, -0.05) is 47.6 Å². The van der Waals surface area contributed by atoms with E-state index >= 15 is 0 Å². The van der Waals surface area contributed by atoms with Crippen LogP contribution in [0.3, 0.4) is 0 Å². The number of hydrogen-bond donors (Lipinski definition) is 0. The number of nitrogens with zero attached hydrogens (tertiary/aromatic N) is 2. The normalized spacial score (nSPS) is 26.8. The van der Waals surface area contributed by atoms with Crippen molar-refractivity contribution in [2.75, 3.05) is 0 Å². The van der Waals surface area contributed by atoms with E-state index in [-0.39, 0.29) is 16.2 Å². The van der Waals surface area contributed by atoms with Crippen molar-refractivity contribution < 1.29 is 0 Å². The van der Waals surface area contributed by atoms with E-state index in [1.807, 2.05) is 0 Å². The van der Waals surface area contributed by atoms with Gasteiger partial charge in [-0.3, -0.25) is 4.40 Å². The van der Waals surface area contributed by atoms with Crippen LogP contribution in [-0.2, 0) is 10.8 Å². The maximum absolute atomic E-state index is 5.23. The molecule has 2 heterocycles. The topological polar surface area (TPSA) is 17.3 Å². The molecule has 2 aromatic heterocycles. The van der Waals surface area contributed by atoms with Gasteiger partial charge in [0.05, 0.1) is 11.0 Å². The molecule has 2 aromatic carbocycles. The number of aromatic nitrogens is 2. The zero-order valence-electron chi connectivity index (χ0n) is 19.6. The van der Waals surface area contributed by atoms with E-state index < -0.39 is 0 Å². The van der Waals surface area contributed by atoms with Crippen LogP contribution in [0.2, 0.25) is 0 Å². The first-order valence-electron chi connectivity index (χ1n) is 12.0. The quantitative estimate of drug-likeness (QED) is 0.293. The van der Waals surface area contributed by atoms with Crippen molar-refractivity contribution in [3.05, 3.63) is 58.8 Å². The summed E-state index contributed by atoms with van der Waals surface area (Å²) < 4.78 is 2.34. The lowest BCUT2D eigenvalue weighted by molar-refractivity contribution is 0.125. The van der Waals surface area contributed by atoms with Crippen molar-refractivity contribution in [2.24, 2.45) is 5.41 Å². The van der Waals surface area contributed by atoms with Crippen molar-refractivity contribution in [2.45, 2.75) is 83.5 Å². The fourth-order valence-electron chi connectivity index (χ4n) is 7.36. The van der Waals surface area contributed by atoms with Crippen LogP contribution in [-0.4, -0.2) is 9.38 Å². The first kappa shape index (κ1) is 18.2. The number of imidazole rings is 1. The first-order chi connectivity index (χ1) is 14.6. The number of pyridine rings is 1. The minimum atomic E-state index is 0.109. The summed E-state index contributed by atoms with van der Waals surface area (Å²) in [6.07, 6.45) is 6.36. The predicted octanol–water partition coefficient (Wildman–Crippen LogP) is 7.60. The Bertz CT molecular complexity index is 1450. The molecule has 7 rings (SSSR count). The smallest absolute Gasteiger partial charge is 0.145 e. The van der Waals surface area contributed by atoms with Gasteiger partial charge in [-0.15, -0.1) is 0 Å². The summed E-state index contributed by atoms with van der Waals surface area (Å²) in [5, 5.41) is 2.67. The van der Waals surface area contributed by atoms with Gasteiger partial charge in [-0.05, 0) is 99.2 Å². The Hall–Kier alpha value is -2.35. The van der Waals surface area contributed by atoms with E-state index in [9.17, 15) is 0 Å². The molecular formula is C29H32N2. The molecule has 3 aliphatic rings. The third kappa shape index (κ3) is 1.91. The summed E-state index contributed by atoms with van der Waals surface area (Å²) >= 11 is 0. The van der Waals surface area contributed by atoms with Crippen LogP contribution >= 0.6 is 0 Å². The lowest BCUT2D eigenvalue weighted by Crippen LogP contribution is -2.42. The molecule has 31 heavy (non-hydrogen) atoms. The van der Waals surface area contributed by atoms with E-state index in [0.29, 0.717) is 0 Å². The fraction of sp³-hybridized carbons (Fsp3) is 0.483. The maximum atomic E-state index is 5.23. The van der Waals surface area contributed by atoms with E-state index in [4.69, 9.17) is 4.98 Å². The molecule has 1 saturated carbocycles. The highest BCUT2D eigenvalue weighted by Crippen LogP contribution is 2.62. The highest BCUT2D eigenvalue weighted by atomic mass is 15.0. The van der Waals surface area contributed by atoms with Crippen molar-refractivity contribution >= 4 is 27.5 Å². The molecule has 2 heteroatoms. The second-order valence-electron chi connectivity index (χ2n) is 12.2. The third-order valence-electron chi connectivity index (χ3n) is 10.5. The Balaban J connectivity index is 1.54. The SMILES string of the molecule is CC1(C)c2cc3nc4c5cc6c(cc5ccn4c3cc2C(C)(C)C1(C)C)C1CCC6C1. The summed E-state index contributed by atoms with van der Waals surface area (Å²) in [4.78, 5) is 5.23. The Labute approximate surface area is 184 Å². The average molecular weight is 409 g/mol. The van der Waals surface area contributed by atoms with E-state index in [0.717, 1.165) is 23.0 Å². The Kier molecular flexibility index (Phi) is 3.04. The van der Waals surface area contributed by atoms with Crippen LogP contribution in [0, 0.1) is 5.41 Å². The van der Waals surface area contributed by atoms with Crippen molar-refractivity contribution in [3.63, 3.8) is 0 Å².